The first kappa shape index (κ1) is 13.2. The van der Waals surface area contributed by atoms with Crippen LogP contribution in [-0.4, -0.2) is 20.6 Å². The number of nitrogens with one attached hydrogen (secondary N) is 1. The first-order valence-corrected chi connectivity index (χ1v) is 6.28. The highest BCUT2D eigenvalue weighted by atomic mass is 15.1. The van der Waals surface area contributed by atoms with Crippen LogP contribution in [0.1, 0.15) is 30.9 Å². The zero-order valence-corrected chi connectivity index (χ0v) is 11.2. The van der Waals surface area contributed by atoms with Crippen molar-refractivity contribution in [2.24, 2.45) is 0 Å². The van der Waals surface area contributed by atoms with Crippen molar-refractivity contribution in [3.63, 3.8) is 0 Å². The third kappa shape index (κ3) is 3.39. The monoisotopic (exact) mass is 255 g/mol. The second kappa shape index (κ2) is 6.12. The Balaban J connectivity index is 2.15. The van der Waals surface area contributed by atoms with Crippen LogP contribution in [0.2, 0.25) is 0 Å². The van der Waals surface area contributed by atoms with Gasteiger partial charge in [-0.3, -0.25) is 0 Å². The van der Waals surface area contributed by atoms with Crippen LogP contribution in [0.4, 0.5) is 0 Å². The van der Waals surface area contributed by atoms with Crippen molar-refractivity contribution in [3.8, 4) is 6.07 Å². The lowest BCUT2D eigenvalue weighted by atomic mass is 10.2. The summed E-state index contributed by atoms with van der Waals surface area (Å²) >= 11 is 0. The van der Waals surface area contributed by atoms with Crippen molar-refractivity contribution in [3.05, 3.63) is 47.8 Å². The SMILES string of the molecule is CC(C)NCc1nccn1Cc1cccnc1C#N. The minimum absolute atomic E-state index is 0.415. The molecule has 1 N–H and O–H groups in total. The lowest BCUT2D eigenvalue weighted by molar-refractivity contribution is 0.554. The fraction of sp³-hybridized carbons (Fsp3) is 0.357. The Kier molecular flexibility index (Phi) is 4.26. The molecule has 0 aliphatic heterocycles. The van der Waals surface area contributed by atoms with Gasteiger partial charge in [0, 0.05) is 30.2 Å². The summed E-state index contributed by atoms with van der Waals surface area (Å²) in [6.07, 6.45) is 5.34. The highest BCUT2D eigenvalue weighted by Gasteiger charge is 2.07. The number of imidazole rings is 1. The molecular formula is C14H17N5. The van der Waals surface area contributed by atoms with Gasteiger partial charge in [-0.05, 0) is 6.07 Å². The summed E-state index contributed by atoms with van der Waals surface area (Å²) in [7, 11) is 0. The molecule has 0 radical (unpaired) electrons. The highest BCUT2D eigenvalue weighted by molar-refractivity contribution is 5.30. The van der Waals surface area contributed by atoms with E-state index in [1.54, 1.807) is 12.4 Å². The summed E-state index contributed by atoms with van der Waals surface area (Å²) in [5.74, 6) is 0.960. The van der Waals surface area contributed by atoms with Crippen LogP contribution in [-0.2, 0) is 13.1 Å². The highest BCUT2D eigenvalue weighted by Crippen LogP contribution is 2.08. The normalized spacial score (nSPS) is 10.6. The predicted octanol–water partition coefficient (Wildman–Crippen LogP) is 1.70. The molecule has 0 unspecified atom stereocenters. The van der Waals surface area contributed by atoms with Crippen LogP contribution >= 0.6 is 0 Å². The molecule has 2 heterocycles. The van der Waals surface area contributed by atoms with Gasteiger partial charge in [0.1, 0.15) is 17.6 Å². The molecule has 19 heavy (non-hydrogen) atoms. The van der Waals surface area contributed by atoms with Gasteiger partial charge in [0.25, 0.3) is 0 Å². The summed E-state index contributed by atoms with van der Waals surface area (Å²) in [5.41, 5.74) is 1.38. The molecule has 0 aliphatic carbocycles. The van der Waals surface area contributed by atoms with Gasteiger partial charge in [-0.2, -0.15) is 5.26 Å². The number of nitrogens with zero attached hydrogens (tertiary/aromatic N) is 4. The molecule has 5 heteroatoms. The van der Waals surface area contributed by atoms with Crippen molar-refractivity contribution in [1.29, 1.82) is 5.26 Å². The third-order valence-corrected chi connectivity index (χ3v) is 2.81. The fourth-order valence-corrected chi connectivity index (χ4v) is 1.80. The van der Waals surface area contributed by atoms with Crippen molar-refractivity contribution >= 4 is 0 Å². The molecule has 2 rings (SSSR count). The van der Waals surface area contributed by atoms with E-state index in [9.17, 15) is 0 Å². The van der Waals surface area contributed by atoms with E-state index in [0.717, 1.165) is 11.4 Å². The van der Waals surface area contributed by atoms with E-state index in [1.165, 1.54) is 0 Å². The van der Waals surface area contributed by atoms with Gasteiger partial charge in [-0.15, -0.1) is 0 Å². The van der Waals surface area contributed by atoms with Crippen LogP contribution in [0.25, 0.3) is 0 Å². The van der Waals surface area contributed by atoms with E-state index in [0.29, 0.717) is 24.8 Å². The maximum absolute atomic E-state index is 9.04. The Hall–Kier alpha value is -2.19. The first-order chi connectivity index (χ1) is 9.20. The second-order valence-electron chi connectivity index (χ2n) is 4.63. The lowest BCUT2D eigenvalue weighted by Crippen LogP contribution is -2.24. The van der Waals surface area contributed by atoms with Crippen LogP contribution in [0.5, 0.6) is 0 Å². The molecule has 0 saturated heterocycles. The Bertz CT molecular complexity index is 580. The van der Waals surface area contributed by atoms with E-state index >= 15 is 0 Å². The third-order valence-electron chi connectivity index (χ3n) is 2.81. The van der Waals surface area contributed by atoms with Crippen molar-refractivity contribution in [1.82, 2.24) is 19.9 Å². The molecule has 0 spiro atoms. The van der Waals surface area contributed by atoms with Crippen molar-refractivity contribution in [2.75, 3.05) is 0 Å². The first-order valence-electron chi connectivity index (χ1n) is 6.28. The molecule has 0 bridgehead atoms. The van der Waals surface area contributed by atoms with Gasteiger partial charge in [-0.25, -0.2) is 9.97 Å². The Morgan fingerprint density at radius 2 is 2.21 bits per heavy atom. The lowest BCUT2D eigenvalue weighted by Gasteiger charge is -2.11. The molecule has 5 nitrogen and oxygen atoms in total. The maximum atomic E-state index is 9.04. The van der Waals surface area contributed by atoms with E-state index in [-0.39, 0.29) is 0 Å². The number of hydrogen-bond donors (Lipinski definition) is 1. The molecule has 0 fully saturated rings. The number of nitriles is 1. The average Bonchev–Trinajstić information content (AvgIpc) is 2.84. The molecule has 0 aliphatic rings. The molecule has 2 aromatic rings. The minimum atomic E-state index is 0.415. The van der Waals surface area contributed by atoms with E-state index in [1.807, 2.05) is 22.9 Å². The number of hydrogen-bond acceptors (Lipinski definition) is 4. The topological polar surface area (TPSA) is 66.5 Å². The summed E-state index contributed by atoms with van der Waals surface area (Å²) in [6, 6.07) is 6.30. The Morgan fingerprint density at radius 3 is 2.95 bits per heavy atom. The van der Waals surface area contributed by atoms with E-state index in [2.05, 4.69) is 35.2 Å². The van der Waals surface area contributed by atoms with Crippen LogP contribution in [0.15, 0.2) is 30.7 Å². The standard InChI is InChI=1S/C14H17N5/c1-11(2)18-9-14-17-6-7-19(14)10-12-4-3-5-16-13(12)8-15/h3-7,11,18H,9-10H2,1-2H3. The van der Waals surface area contributed by atoms with Crippen molar-refractivity contribution < 1.29 is 0 Å². The predicted molar refractivity (Wildman–Crippen MR) is 72.3 cm³/mol. The summed E-state index contributed by atoms with van der Waals surface area (Å²) in [5, 5.41) is 12.4. The largest absolute Gasteiger partial charge is 0.329 e. The van der Waals surface area contributed by atoms with Gasteiger partial charge in [0.15, 0.2) is 0 Å². The fourth-order valence-electron chi connectivity index (χ4n) is 1.80. The number of pyridine rings is 1. The van der Waals surface area contributed by atoms with Gasteiger partial charge in [-0.1, -0.05) is 19.9 Å². The average molecular weight is 255 g/mol. The molecule has 98 valence electrons. The molecule has 0 aromatic carbocycles. The number of aromatic nitrogens is 3. The summed E-state index contributed by atoms with van der Waals surface area (Å²) in [6.45, 7) is 5.53. The van der Waals surface area contributed by atoms with Gasteiger partial charge in [0.2, 0.25) is 0 Å². The minimum Gasteiger partial charge on any atom is -0.329 e. The smallest absolute Gasteiger partial charge is 0.145 e. The number of rotatable bonds is 5. The Labute approximate surface area is 112 Å². The Morgan fingerprint density at radius 1 is 1.37 bits per heavy atom. The van der Waals surface area contributed by atoms with Crippen LogP contribution in [0.3, 0.4) is 0 Å². The van der Waals surface area contributed by atoms with Crippen LogP contribution in [0, 0.1) is 11.3 Å². The zero-order chi connectivity index (χ0) is 13.7. The van der Waals surface area contributed by atoms with Crippen LogP contribution < -0.4 is 5.32 Å². The van der Waals surface area contributed by atoms with Crippen molar-refractivity contribution in [2.45, 2.75) is 33.0 Å². The molecular weight excluding hydrogens is 238 g/mol. The quantitative estimate of drug-likeness (QED) is 0.883. The van der Waals surface area contributed by atoms with E-state index in [4.69, 9.17) is 5.26 Å². The van der Waals surface area contributed by atoms with E-state index < -0.39 is 0 Å². The second-order valence-corrected chi connectivity index (χ2v) is 4.63. The summed E-state index contributed by atoms with van der Waals surface area (Å²) < 4.78 is 2.03. The van der Waals surface area contributed by atoms with Gasteiger partial charge in [0.05, 0.1) is 13.1 Å². The zero-order valence-electron chi connectivity index (χ0n) is 11.2. The molecule has 0 amide bonds. The maximum Gasteiger partial charge on any atom is 0.145 e. The molecule has 0 atom stereocenters. The summed E-state index contributed by atoms with van der Waals surface area (Å²) in [4.78, 5) is 8.41. The molecule has 2 aromatic heterocycles. The van der Waals surface area contributed by atoms with Gasteiger partial charge < -0.3 is 9.88 Å². The van der Waals surface area contributed by atoms with Gasteiger partial charge >= 0.3 is 0 Å². The molecule has 0 saturated carbocycles.